The molecule has 1 fully saturated rings. The molecule has 182 valence electrons. The molecule has 5 rings (SSSR count). The highest BCUT2D eigenvalue weighted by Gasteiger charge is 2.22. The van der Waals surface area contributed by atoms with Crippen LogP contribution in [0.25, 0.3) is 0 Å². The van der Waals surface area contributed by atoms with E-state index in [0.717, 1.165) is 54.4 Å². The summed E-state index contributed by atoms with van der Waals surface area (Å²) < 4.78 is 11.4. The monoisotopic (exact) mass is 488 g/mol. The van der Waals surface area contributed by atoms with Crippen LogP contribution in [0.4, 0.5) is 0 Å². The molecular formula is C29H32N2O3S. The van der Waals surface area contributed by atoms with Crippen molar-refractivity contribution in [2.75, 3.05) is 32.6 Å². The van der Waals surface area contributed by atoms with Gasteiger partial charge in [-0.3, -0.25) is 9.69 Å². The van der Waals surface area contributed by atoms with Crippen LogP contribution in [0.3, 0.4) is 0 Å². The van der Waals surface area contributed by atoms with Crippen LogP contribution in [0.2, 0.25) is 0 Å². The van der Waals surface area contributed by atoms with Crippen LogP contribution in [0.15, 0.2) is 71.6 Å². The van der Waals surface area contributed by atoms with E-state index in [2.05, 4.69) is 46.6 Å². The third-order valence-corrected chi connectivity index (χ3v) is 7.57. The highest BCUT2D eigenvalue weighted by molar-refractivity contribution is 7.98. The molecule has 0 spiro atoms. The van der Waals surface area contributed by atoms with E-state index in [9.17, 15) is 4.79 Å². The maximum absolute atomic E-state index is 12.5. The first kappa shape index (κ1) is 23.8. The second-order valence-corrected chi connectivity index (χ2v) is 10.1. The fraction of sp³-hybridized carbons (Fsp3) is 0.345. The third kappa shape index (κ3) is 6.00. The van der Waals surface area contributed by atoms with Gasteiger partial charge in [0, 0.05) is 23.5 Å². The molecule has 35 heavy (non-hydrogen) atoms. The fourth-order valence-corrected chi connectivity index (χ4v) is 5.26. The number of rotatable bonds is 7. The molecule has 2 heterocycles. The van der Waals surface area contributed by atoms with Crippen molar-refractivity contribution in [1.82, 2.24) is 10.2 Å². The summed E-state index contributed by atoms with van der Waals surface area (Å²) in [5.74, 6) is 2.24. The maximum Gasteiger partial charge on any atom is 0.251 e. The lowest BCUT2D eigenvalue weighted by atomic mass is 9.88. The molecule has 3 aromatic carbocycles. The van der Waals surface area contributed by atoms with E-state index >= 15 is 0 Å². The Morgan fingerprint density at radius 1 is 0.943 bits per heavy atom. The first-order chi connectivity index (χ1) is 17.2. The van der Waals surface area contributed by atoms with Gasteiger partial charge in [-0.15, -0.1) is 11.8 Å². The number of ether oxygens (including phenoxy) is 2. The van der Waals surface area contributed by atoms with Gasteiger partial charge in [-0.05, 0) is 91.2 Å². The first-order valence-corrected chi connectivity index (χ1v) is 13.5. The third-order valence-electron chi connectivity index (χ3n) is 6.83. The molecule has 0 aliphatic carbocycles. The van der Waals surface area contributed by atoms with Gasteiger partial charge in [0.1, 0.15) is 13.2 Å². The van der Waals surface area contributed by atoms with Crippen LogP contribution in [0.1, 0.15) is 45.8 Å². The molecule has 2 aliphatic rings. The summed E-state index contributed by atoms with van der Waals surface area (Å²) in [6, 6.07) is 22.7. The van der Waals surface area contributed by atoms with Crippen molar-refractivity contribution in [1.29, 1.82) is 0 Å². The number of amides is 1. The van der Waals surface area contributed by atoms with Gasteiger partial charge >= 0.3 is 0 Å². The smallest absolute Gasteiger partial charge is 0.251 e. The number of hydrogen-bond donors (Lipinski definition) is 1. The number of carbonyl (C=O) groups is 1. The van der Waals surface area contributed by atoms with Crippen molar-refractivity contribution in [3.8, 4) is 11.5 Å². The Morgan fingerprint density at radius 2 is 1.71 bits per heavy atom. The number of likely N-dealkylation sites (tertiary alicyclic amines) is 1. The summed E-state index contributed by atoms with van der Waals surface area (Å²) in [5, 5.41) is 3.07. The van der Waals surface area contributed by atoms with E-state index in [-0.39, 0.29) is 5.91 Å². The van der Waals surface area contributed by atoms with Crippen molar-refractivity contribution < 1.29 is 14.3 Å². The lowest BCUT2D eigenvalue weighted by molar-refractivity contribution is 0.0951. The van der Waals surface area contributed by atoms with Crippen molar-refractivity contribution in [2.45, 2.75) is 36.7 Å². The summed E-state index contributed by atoms with van der Waals surface area (Å²) >= 11 is 1.68. The number of nitrogens with zero attached hydrogens (tertiary/aromatic N) is 1. The van der Waals surface area contributed by atoms with E-state index in [1.807, 2.05) is 36.6 Å². The van der Waals surface area contributed by atoms with E-state index in [1.54, 1.807) is 11.8 Å². The van der Waals surface area contributed by atoms with Crippen molar-refractivity contribution >= 4 is 17.7 Å². The summed E-state index contributed by atoms with van der Waals surface area (Å²) in [4.78, 5) is 16.2. The van der Waals surface area contributed by atoms with Gasteiger partial charge in [-0.2, -0.15) is 0 Å². The quantitative estimate of drug-likeness (QED) is 0.446. The number of carbonyl (C=O) groups excluding carboxylic acids is 1. The van der Waals surface area contributed by atoms with Crippen LogP contribution >= 0.6 is 11.8 Å². The average molecular weight is 489 g/mol. The summed E-state index contributed by atoms with van der Waals surface area (Å²) in [6.45, 7) is 4.88. The van der Waals surface area contributed by atoms with Gasteiger partial charge in [0.15, 0.2) is 11.5 Å². The molecule has 1 amide bonds. The van der Waals surface area contributed by atoms with Gasteiger partial charge < -0.3 is 14.8 Å². The van der Waals surface area contributed by atoms with Crippen LogP contribution in [0.5, 0.6) is 11.5 Å². The Bertz CT molecular complexity index is 1160. The molecular weight excluding hydrogens is 456 g/mol. The molecule has 0 aromatic heterocycles. The Hall–Kier alpha value is -2.96. The Labute approximate surface area is 211 Å². The highest BCUT2D eigenvalue weighted by atomic mass is 32.2. The number of piperidine rings is 1. The standard InChI is InChI=1S/C29H32N2O3S/c1-35-26-8-6-24(7-9-26)29(32)30-19-21-3-2-4-25(17-21)23-11-13-31(14-12-23)20-22-5-10-27-28(18-22)34-16-15-33-27/h2-10,17-18,23H,11-16,19-20H2,1H3,(H,30,32). The minimum absolute atomic E-state index is 0.0319. The molecule has 6 heteroatoms. The van der Waals surface area contributed by atoms with E-state index in [1.165, 1.54) is 11.1 Å². The fourth-order valence-electron chi connectivity index (χ4n) is 4.85. The van der Waals surface area contributed by atoms with E-state index < -0.39 is 0 Å². The molecule has 0 bridgehead atoms. The second kappa shape index (κ2) is 11.2. The number of thioether (sulfide) groups is 1. The maximum atomic E-state index is 12.5. The van der Waals surface area contributed by atoms with Crippen LogP contribution in [0, 0.1) is 0 Å². The van der Waals surface area contributed by atoms with Crippen LogP contribution in [-0.2, 0) is 13.1 Å². The topological polar surface area (TPSA) is 50.8 Å². The van der Waals surface area contributed by atoms with Crippen molar-refractivity contribution in [3.05, 3.63) is 89.0 Å². The predicted octanol–water partition coefficient (Wildman–Crippen LogP) is 5.49. The van der Waals surface area contributed by atoms with Gasteiger partial charge in [0.05, 0.1) is 0 Å². The van der Waals surface area contributed by atoms with E-state index in [0.29, 0.717) is 31.2 Å². The zero-order valence-corrected chi connectivity index (χ0v) is 21.0. The zero-order valence-electron chi connectivity index (χ0n) is 20.2. The van der Waals surface area contributed by atoms with Gasteiger partial charge in [-0.25, -0.2) is 0 Å². The molecule has 0 atom stereocenters. The molecule has 0 radical (unpaired) electrons. The Balaban J connectivity index is 1.13. The van der Waals surface area contributed by atoms with Gasteiger partial charge in [0.25, 0.3) is 5.91 Å². The number of hydrogen-bond acceptors (Lipinski definition) is 5. The minimum atomic E-state index is -0.0319. The zero-order chi connectivity index (χ0) is 24.0. The van der Waals surface area contributed by atoms with Crippen LogP contribution < -0.4 is 14.8 Å². The lowest BCUT2D eigenvalue weighted by Gasteiger charge is -2.32. The molecule has 5 nitrogen and oxygen atoms in total. The van der Waals surface area contributed by atoms with Crippen molar-refractivity contribution in [2.24, 2.45) is 0 Å². The number of fused-ring (bicyclic) bond motifs is 1. The lowest BCUT2D eigenvalue weighted by Crippen LogP contribution is -2.32. The Morgan fingerprint density at radius 3 is 2.49 bits per heavy atom. The molecule has 3 aromatic rings. The van der Waals surface area contributed by atoms with Gasteiger partial charge in [0.2, 0.25) is 0 Å². The first-order valence-electron chi connectivity index (χ1n) is 12.3. The predicted molar refractivity (Wildman–Crippen MR) is 141 cm³/mol. The Kier molecular flexibility index (Phi) is 7.60. The molecule has 0 unspecified atom stereocenters. The van der Waals surface area contributed by atoms with Gasteiger partial charge in [-0.1, -0.05) is 30.3 Å². The molecule has 1 saturated heterocycles. The number of benzene rings is 3. The largest absolute Gasteiger partial charge is 0.486 e. The molecule has 1 N–H and O–H groups in total. The summed E-state index contributed by atoms with van der Waals surface area (Å²) in [6.07, 6.45) is 4.32. The number of nitrogens with one attached hydrogen (secondary N) is 1. The normalized spacial score (nSPS) is 16.1. The SMILES string of the molecule is CSc1ccc(C(=O)NCc2cccc(C3CCN(Cc4ccc5c(c4)OCCO5)CC3)c2)cc1. The van der Waals surface area contributed by atoms with Crippen LogP contribution in [-0.4, -0.2) is 43.4 Å². The van der Waals surface area contributed by atoms with E-state index in [4.69, 9.17) is 9.47 Å². The molecule has 0 saturated carbocycles. The second-order valence-electron chi connectivity index (χ2n) is 9.18. The molecule has 2 aliphatic heterocycles. The minimum Gasteiger partial charge on any atom is -0.486 e. The summed E-state index contributed by atoms with van der Waals surface area (Å²) in [7, 11) is 0. The van der Waals surface area contributed by atoms with Crippen molar-refractivity contribution in [3.63, 3.8) is 0 Å². The highest BCUT2D eigenvalue weighted by Crippen LogP contribution is 2.33. The average Bonchev–Trinajstić information content (AvgIpc) is 2.92. The summed E-state index contributed by atoms with van der Waals surface area (Å²) in [5.41, 5.74) is 4.49.